The summed E-state index contributed by atoms with van der Waals surface area (Å²) in [5, 5.41) is 0. The molecule has 0 N–H and O–H groups in total. The first kappa shape index (κ1) is 10.8. The molecule has 0 bridgehead atoms. The van der Waals surface area contributed by atoms with Gasteiger partial charge < -0.3 is 4.74 Å². The van der Waals surface area contributed by atoms with Gasteiger partial charge in [-0.3, -0.25) is 4.79 Å². The number of ether oxygens (including phenoxy) is 1. The van der Waals surface area contributed by atoms with Gasteiger partial charge in [-0.1, -0.05) is 28.1 Å². The Labute approximate surface area is 99.8 Å². The van der Waals surface area contributed by atoms with Crippen molar-refractivity contribution in [3.8, 4) is 0 Å². The van der Waals surface area contributed by atoms with Crippen LogP contribution in [-0.2, 0) is 9.53 Å². The number of esters is 1. The summed E-state index contributed by atoms with van der Waals surface area (Å²) in [5.41, 5.74) is 0.500. The number of allylic oxidation sites excluding steroid dienone is 1. The minimum Gasteiger partial charge on any atom is -0.403 e. The smallest absolute Gasteiger partial charge is 0.356 e. The molecule has 1 aromatic rings. The van der Waals surface area contributed by atoms with E-state index >= 15 is 0 Å². The first-order chi connectivity index (χ1) is 7.65. The molecule has 1 heterocycles. The minimum absolute atomic E-state index is 0.0231. The molecule has 16 heavy (non-hydrogen) atoms. The van der Waals surface area contributed by atoms with Crippen LogP contribution < -0.4 is 0 Å². The Bertz CT molecular complexity index is 520. The third-order valence-electron chi connectivity index (χ3n) is 1.87. The number of carbonyl (C=O) groups is 2. The van der Waals surface area contributed by atoms with Gasteiger partial charge in [-0.25, -0.2) is 9.79 Å². The highest BCUT2D eigenvalue weighted by molar-refractivity contribution is 9.10. The second kappa shape index (κ2) is 4.40. The molecule has 1 aliphatic heterocycles. The van der Waals surface area contributed by atoms with Crippen molar-refractivity contribution in [1.29, 1.82) is 0 Å². The van der Waals surface area contributed by atoms with Crippen LogP contribution in [0.2, 0.25) is 0 Å². The van der Waals surface area contributed by atoms with Crippen LogP contribution in [0.3, 0.4) is 0 Å². The van der Waals surface area contributed by atoms with Gasteiger partial charge in [-0.15, -0.1) is 0 Å². The van der Waals surface area contributed by atoms with Crippen LogP contribution >= 0.6 is 15.9 Å². The number of cyclic esters (lactones) is 1. The van der Waals surface area contributed by atoms with Crippen molar-refractivity contribution in [3.05, 3.63) is 46.3 Å². The molecule has 2 rings (SSSR count). The van der Waals surface area contributed by atoms with Gasteiger partial charge in [0.25, 0.3) is 0 Å². The molecule has 0 fully saturated rings. The summed E-state index contributed by atoms with van der Waals surface area (Å²) >= 11 is 3.26. The number of rotatable bonds is 2. The van der Waals surface area contributed by atoms with E-state index < -0.39 is 5.97 Å². The average Bonchev–Trinajstić information content (AvgIpc) is 2.64. The SMILES string of the molecule is O=C1C=NC(=CC(=O)c2cccc(Br)c2)O1. The zero-order valence-corrected chi connectivity index (χ0v) is 9.60. The number of ketones is 1. The van der Waals surface area contributed by atoms with Crippen LogP contribution in [0.4, 0.5) is 0 Å². The van der Waals surface area contributed by atoms with Crippen molar-refractivity contribution in [2.45, 2.75) is 0 Å². The largest absolute Gasteiger partial charge is 0.403 e. The van der Waals surface area contributed by atoms with Gasteiger partial charge >= 0.3 is 5.97 Å². The van der Waals surface area contributed by atoms with Crippen molar-refractivity contribution in [1.82, 2.24) is 0 Å². The highest BCUT2D eigenvalue weighted by atomic mass is 79.9. The van der Waals surface area contributed by atoms with Gasteiger partial charge in [-0.05, 0) is 12.1 Å². The Kier molecular flexibility index (Phi) is 2.96. The maximum absolute atomic E-state index is 11.7. The molecule has 5 heteroatoms. The molecule has 0 aromatic heterocycles. The van der Waals surface area contributed by atoms with E-state index in [0.29, 0.717) is 5.56 Å². The lowest BCUT2D eigenvalue weighted by Crippen LogP contribution is -1.98. The normalized spacial score (nSPS) is 16.6. The van der Waals surface area contributed by atoms with Crippen molar-refractivity contribution < 1.29 is 14.3 Å². The predicted molar refractivity (Wildman–Crippen MR) is 61.1 cm³/mol. The molecule has 80 valence electrons. The molecule has 4 nitrogen and oxygen atoms in total. The Morgan fingerprint density at radius 3 is 2.88 bits per heavy atom. The molecule has 0 unspecified atom stereocenters. The van der Waals surface area contributed by atoms with Gasteiger partial charge in [0.15, 0.2) is 5.78 Å². The highest BCUT2D eigenvalue weighted by Gasteiger charge is 2.13. The van der Waals surface area contributed by atoms with Crippen LogP contribution in [0.15, 0.2) is 45.7 Å². The average molecular weight is 280 g/mol. The van der Waals surface area contributed by atoms with Crippen LogP contribution in [0.1, 0.15) is 10.4 Å². The zero-order valence-electron chi connectivity index (χ0n) is 8.01. The standard InChI is InChI=1S/C11H6BrNO3/c12-8-3-1-2-7(4-8)9(14)5-10-13-6-11(15)16-10/h1-6H. The van der Waals surface area contributed by atoms with Crippen LogP contribution in [0.5, 0.6) is 0 Å². The second-order valence-corrected chi connectivity index (χ2v) is 3.95. The van der Waals surface area contributed by atoms with E-state index in [1.54, 1.807) is 18.2 Å². The fraction of sp³-hybridized carbons (Fsp3) is 0. The van der Waals surface area contributed by atoms with Gasteiger partial charge in [0, 0.05) is 16.1 Å². The van der Waals surface area contributed by atoms with Crippen molar-refractivity contribution in [3.63, 3.8) is 0 Å². The number of carbonyl (C=O) groups excluding carboxylic acids is 2. The first-order valence-corrected chi connectivity index (χ1v) is 5.22. The summed E-state index contributed by atoms with van der Waals surface area (Å²) in [6.45, 7) is 0. The number of halogens is 1. The van der Waals surface area contributed by atoms with Crippen molar-refractivity contribution >= 4 is 33.9 Å². The molecular weight excluding hydrogens is 274 g/mol. The number of aliphatic imine (C=N–C) groups is 1. The third-order valence-corrected chi connectivity index (χ3v) is 2.36. The fourth-order valence-corrected chi connectivity index (χ4v) is 1.58. The molecule has 1 aliphatic rings. The van der Waals surface area contributed by atoms with Gasteiger partial charge in [0.05, 0.1) is 0 Å². The zero-order chi connectivity index (χ0) is 11.5. The lowest BCUT2D eigenvalue weighted by atomic mass is 10.1. The minimum atomic E-state index is -0.562. The molecule has 0 atom stereocenters. The molecule has 0 radical (unpaired) electrons. The Hall–Kier alpha value is -1.75. The van der Waals surface area contributed by atoms with Crippen molar-refractivity contribution in [2.75, 3.05) is 0 Å². The second-order valence-electron chi connectivity index (χ2n) is 3.04. The molecule has 0 amide bonds. The Morgan fingerprint density at radius 2 is 2.25 bits per heavy atom. The van der Waals surface area contributed by atoms with E-state index in [1.807, 2.05) is 6.07 Å². The summed E-state index contributed by atoms with van der Waals surface area (Å²) in [6, 6.07) is 6.92. The highest BCUT2D eigenvalue weighted by Crippen LogP contribution is 2.14. The number of hydrogen-bond acceptors (Lipinski definition) is 4. The maximum Gasteiger partial charge on any atom is 0.356 e. The number of hydrogen-bond donors (Lipinski definition) is 0. The van der Waals surface area contributed by atoms with Gasteiger partial charge in [-0.2, -0.15) is 0 Å². The lowest BCUT2D eigenvalue weighted by molar-refractivity contribution is -0.129. The molecule has 0 saturated carbocycles. The number of benzene rings is 1. The van der Waals surface area contributed by atoms with E-state index in [1.165, 1.54) is 6.08 Å². The summed E-state index contributed by atoms with van der Waals surface area (Å²) in [5.74, 6) is -0.800. The van der Waals surface area contributed by atoms with Crippen molar-refractivity contribution in [2.24, 2.45) is 4.99 Å². The summed E-state index contributed by atoms with van der Waals surface area (Å²) in [6.07, 6.45) is 2.21. The Balaban J connectivity index is 2.21. The third kappa shape index (κ3) is 2.43. The predicted octanol–water partition coefficient (Wildman–Crippen LogP) is 2.10. The quantitative estimate of drug-likeness (QED) is 0.473. The lowest BCUT2D eigenvalue weighted by Gasteiger charge is -1.97. The van der Waals surface area contributed by atoms with E-state index in [0.717, 1.165) is 10.7 Å². The van der Waals surface area contributed by atoms with Crippen LogP contribution in [-0.4, -0.2) is 18.0 Å². The first-order valence-electron chi connectivity index (χ1n) is 4.42. The molecule has 0 spiro atoms. The number of nitrogens with zero attached hydrogens (tertiary/aromatic N) is 1. The van der Waals surface area contributed by atoms with Gasteiger partial charge in [0.2, 0.25) is 5.88 Å². The topological polar surface area (TPSA) is 55.7 Å². The summed E-state index contributed by atoms with van der Waals surface area (Å²) < 4.78 is 5.46. The fourth-order valence-electron chi connectivity index (χ4n) is 1.18. The molecular formula is C11H6BrNO3. The molecule has 1 aromatic carbocycles. The summed E-state index contributed by atoms with van der Waals surface area (Å²) in [7, 11) is 0. The van der Waals surface area contributed by atoms with E-state index in [-0.39, 0.29) is 11.7 Å². The van der Waals surface area contributed by atoms with Crippen LogP contribution in [0.25, 0.3) is 0 Å². The Morgan fingerprint density at radius 1 is 1.44 bits per heavy atom. The molecule has 0 aliphatic carbocycles. The molecule has 0 saturated heterocycles. The van der Waals surface area contributed by atoms with E-state index in [4.69, 9.17) is 0 Å². The van der Waals surface area contributed by atoms with E-state index in [9.17, 15) is 9.59 Å². The summed E-state index contributed by atoms with van der Waals surface area (Å²) in [4.78, 5) is 26.0. The van der Waals surface area contributed by atoms with Gasteiger partial charge in [0.1, 0.15) is 6.21 Å². The van der Waals surface area contributed by atoms with E-state index in [2.05, 4.69) is 25.7 Å². The maximum atomic E-state index is 11.7. The van der Waals surface area contributed by atoms with Crippen LogP contribution in [0, 0.1) is 0 Å². The monoisotopic (exact) mass is 279 g/mol.